The van der Waals surface area contributed by atoms with Crippen LogP contribution < -0.4 is 5.32 Å². The van der Waals surface area contributed by atoms with E-state index >= 15 is 0 Å². The molecule has 1 rings (SSSR count). The second kappa shape index (κ2) is 8.90. The molecule has 0 radical (unpaired) electrons. The van der Waals surface area contributed by atoms with Crippen molar-refractivity contribution < 1.29 is 4.74 Å². The number of ether oxygens (including phenoxy) is 1. The molecule has 1 N–H and O–H groups in total. The van der Waals surface area contributed by atoms with Crippen LogP contribution in [0.3, 0.4) is 0 Å². The predicted molar refractivity (Wildman–Crippen MR) is 73.4 cm³/mol. The third kappa shape index (κ3) is 5.84. The third-order valence-electron chi connectivity index (χ3n) is 3.80. The lowest BCUT2D eigenvalue weighted by atomic mass is 9.90. The average molecular weight is 242 g/mol. The van der Waals surface area contributed by atoms with Gasteiger partial charge in [-0.3, -0.25) is 0 Å². The Morgan fingerprint density at radius 3 is 2.59 bits per heavy atom. The molecule has 0 aromatic heterocycles. The van der Waals surface area contributed by atoms with Crippen LogP contribution in [0.25, 0.3) is 0 Å². The van der Waals surface area contributed by atoms with Crippen LogP contribution in [-0.2, 0) is 4.74 Å². The molecule has 102 valence electrons. The Labute approximate surface area is 107 Å². The smallest absolute Gasteiger partial charge is 0.0590 e. The third-order valence-corrected chi connectivity index (χ3v) is 3.80. The molecular weight excluding hydrogens is 212 g/mol. The summed E-state index contributed by atoms with van der Waals surface area (Å²) in [4.78, 5) is 2.60. The number of piperidine rings is 1. The second-order valence-electron chi connectivity index (χ2n) is 5.12. The van der Waals surface area contributed by atoms with Gasteiger partial charge in [0.05, 0.1) is 6.61 Å². The van der Waals surface area contributed by atoms with Crippen LogP contribution in [0.2, 0.25) is 0 Å². The first-order chi connectivity index (χ1) is 8.27. The molecule has 0 saturated carbocycles. The van der Waals surface area contributed by atoms with Gasteiger partial charge in [0.1, 0.15) is 0 Å². The van der Waals surface area contributed by atoms with Gasteiger partial charge in [-0.2, -0.15) is 0 Å². The van der Waals surface area contributed by atoms with Crippen molar-refractivity contribution in [1.29, 1.82) is 0 Å². The van der Waals surface area contributed by atoms with Gasteiger partial charge in [-0.05, 0) is 58.7 Å². The number of hydrogen-bond acceptors (Lipinski definition) is 3. The summed E-state index contributed by atoms with van der Waals surface area (Å²) < 4.78 is 5.35. The fourth-order valence-corrected chi connectivity index (χ4v) is 2.66. The minimum atomic E-state index is 0.638. The second-order valence-corrected chi connectivity index (χ2v) is 5.12. The van der Waals surface area contributed by atoms with Gasteiger partial charge < -0.3 is 15.0 Å². The largest absolute Gasteiger partial charge is 0.380 e. The molecule has 0 bridgehead atoms. The van der Waals surface area contributed by atoms with E-state index in [1.165, 1.54) is 38.9 Å². The van der Waals surface area contributed by atoms with Gasteiger partial charge in [0, 0.05) is 19.2 Å². The van der Waals surface area contributed by atoms with E-state index < -0.39 is 0 Å². The molecule has 0 amide bonds. The molecule has 1 fully saturated rings. The molecule has 3 nitrogen and oxygen atoms in total. The Kier molecular flexibility index (Phi) is 7.82. The van der Waals surface area contributed by atoms with Gasteiger partial charge in [-0.15, -0.1) is 0 Å². The van der Waals surface area contributed by atoms with E-state index in [0.29, 0.717) is 6.04 Å². The lowest BCUT2D eigenvalue weighted by molar-refractivity contribution is 0.134. The molecule has 1 aliphatic heterocycles. The van der Waals surface area contributed by atoms with E-state index in [4.69, 9.17) is 4.74 Å². The first-order valence-corrected chi connectivity index (χ1v) is 7.31. The van der Waals surface area contributed by atoms with Crippen molar-refractivity contribution in [3.05, 3.63) is 0 Å². The molecule has 1 atom stereocenters. The average Bonchev–Trinajstić information content (AvgIpc) is 2.36. The maximum Gasteiger partial charge on any atom is 0.0590 e. The van der Waals surface area contributed by atoms with Gasteiger partial charge in [-0.1, -0.05) is 6.92 Å². The van der Waals surface area contributed by atoms with Gasteiger partial charge in [0.25, 0.3) is 0 Å². The zero-order chi connectivity index (χ0) is 12.5. The van der Waals surface area contributed by atoms with Crippen LogP contribution >= 0.6 is 0 Å². The van der Waals surface area contributed by atoms with Gasteiger partial charge in [-0.25, -0.2) is 0 Å². The van der Waals surface area contributed by atoms with Crippen molar-refractivity contribution in [3.63, 3.8) is 0 Å². The summed E-state index contributed by atoms with van der Waals surface area (Å²) in [7, 11) is 0. The van der Waals surface area contributed by atoms with Crippen LogP contribution in [0.15, 0.2) is 0 Å². The summed E-state index contributed by atoms with van der Waals surface area (Å²) in [5.41, 5.74) is 0. The van der Waals surface area contributed by atoms with E-state index in [1.54, 1.807) is 0 Å². The fourth-order valence-electron chi connectivity index (χ4n) is 2.66. The first-order valence-electron chi connectivity index (χ1n) is 7.31. The summed E-state index contributed by atoms with van der Waals surface area (Å²) in [5.74, 6) is 0.852. The summed E-state index contributed by atoms with van der Waals surface area (Å²) in [6.07, 6.45) is 3.98. The molecular formula is C14H30N2O. The molecule has 17 heavy (non-hydrogen) atoms. The maximum absolute atomic E-state index is 5.35. The van der Waals surface area contributed by atoms with Crippen molar-refractivity contribution in [2.45, 2.75) is 46.1 Å². The van der Waals surface area contributed by atoms with Gasteiger partial charge in [0.2, 0.25) is 0 Å². The highest BCUT2D eigenvalue weighted by Gasteiger charge is 2.22. The molecule has 0 spiro atoms. The van der Waals surface area contributed by atoms with Gasteiger partial charge >= 0.3 is 0 Å². The number of nitrogens with zero attached hydrogens (tertiary/aromatic N) is 1. The number of nitrogens with one attached hydrogen (secondary N) is 1. The highest BCUT2D eigenvalue weighted by atomic mass is 16.5. The van der Waals surface area contributed by atoms with E-state index in [1.807, 2.05) is 6.92 Å². The number of rotatable bonds is 8. The summed E-state index contributed by atoms with van der Waals surface area (Å²) in [5, 5.41) is 3.59. The Hall–Kier alpha value is -0.120. The van der Waals surface area contributed by atoms with Crippen molar-refractivity contribution in [3.8, 4) is 0 Å². The number of hydrogen-bond donors (Lipinski definition) is 1. The summed E-state index contributed by atoms with van der Waals surface area (Å²) in [6.45, 7) is 13.2. The molecule has 1 aliphatic rings. The van der Waals surface area contributed by atoms with Crippen molar-refractivity contribution in [2.24, 2.45) is 5.92 Å². The van der Waals surface area contributed by atoms with Crippen LogP contribution in [-0.4, -0.2) is 50.3 Å². The van der Waals surface area contributed by atoms with E-state index in [0.717, 1.165) is 25.7 Å². The van der Waals surface area contributed by atoms with E-state index in [9.17, 15) is 0 Å². The first kappa shape index (κ1) is 14.9. The Balaban J connectivity index is 2.10. The monoisotopic (exact) mass is 242 g/mol. The van der Waals surface area contributed by atoms with E-state index in [2.05, 4.69) is 24.1 Å². The van der Waals surface area contributed by atoms with Crippen LogP contribution in [0.1, 0.15) is 40.0 Å². The minimum Gasteiger partial charge on any atom is -0.380 e. The number of likely N-dealkylation sites (tertiary alicyclic amines) is 1. The Bertz CT molecular complexity index is 179. The van der Waals surface area contributed by atoms with Gasteiger partial charge in [0.15, 0.2) is 0 Å². The molecule has 3 heteroatoms. The van der Waals surface area contributed by atoms with Crippen molar-refractivity contribution in [1.82, 2.24) is 10.2 Å². The topological polar surface area (TPSA) is 24.5 Å². The molecule has 1 heterocycles. The normalized spacial score (nSPS) is 20.6. The molecule has 1 unspecified atom stereocenters. The molecule has 1 saturated heterocycles. The Morgan fingerprint density at radius 2 is 2.00 bits per heavy atom. The maximum atomic E-state index is 5.35. The lowest BCUT2D eigenvalue weighted by Crippen LogP contribution is -2.42. The SMILES string of the molecule is CCCN1CCC(C(C)NCCOCC)CC1. The van der Waals surface area contributed by atoms with Crippen molar-refractivity contribution >= 4 is 0 Å². The van der Waals surface area contributed by atoms with E-state index in [-0.39, 0.29) is 0 Å². The molecule has 0 aromatic rings. The van der Waals surface area contributed by atoms with Crippen molar-refractivity contribution in [2.75, 3.05) is 39.4 Å². The standard InChI is InChI=1S/C14H30N2O/c1-4-9-16-10-6-14(7-11-16)13(3)15-8-12-17-5-2/h13-15H,4-12H2,1-3H3. The van der Waals surface area contributed by atoms with Crippen LogP contribution in [0.5, 0.6) is 0 Å². The summed E-state index contributed by atoms with van der Waals surface area (Å²) in [6, 6.07) is 0.638. The fraction of sp³-hybridized carbons (Fsp3) is 1.00. The quantitative estimate of drug-likeness (QED) is 0.660. The minimum absolute atomic E-state index is 0.638. The predicted octanol–water partition coefficient (Wildman–Crippen LogP) is 2.12. The lowest BCUT2D eigenvalue weighted by Gasteiger charge is -2.35. The molecule has 0 aliphatic carbocycles. The highest BCUT2D eigenvalue weighted by molar-refractivity contribution is 4.79. The zero-order valence-corrected chi connectivity index (χ0v) is 11.9. The zero-order valence-electron chi connectivity index (χ0n) is 11.9. The molecule has 0 aromatic carbocycles. The summed E-state index contributed by atoms with van der Waals surface area (Å²) >= 11 is 0. The highest BCUT2D eigenvalue weighted by Crippen LogP contribution is 2.20. The van der Waals surface area contributed by atoms with Crippen LogP contribution in [0, 0.1) is 5.92 Å². The van der Waals surface area contributed by atoms with Crippen LogP contribution in [0.4, 0.5) is 0 Å². The Morgan fingerprint density at radius 1 is 1.29 bits per heavy atom.